The lowest BCUT2D eigenvalue weighted by Gasteiger charge is -2.57. The second-order valence-corrected chi connectivity index (χ2v) is 11.7. The monoisotopic (exact) mass is 458 g/mol. The van der Waals surface area contributed by atoms with Crippen molar-refractivity contribution < 1.29 is 9.59 Å². The Labute approximate surface area is 204 Å². The van der Waals surface area contributed by atoms with Gasteiger partial charge in [0.2, 0.25) is 5.91 Å². The summed E-state index contributed by atoms with van der Waals surface area (Å²) in [6.07, 6.45) is 8.27. The zero-order chi connectivity index (χ0) is 23.9. The third-order valence-corrected chi connectivity index (χ3v) is 8.66. The average Bonchev–Trinajstić information content (AvgIpc) is 2.81. The zero-order valence-electron chi connectivity index (χ0n) is 20.8. The van der Waals surface area contributed by atoms with Gasteiger partial charge >= 0.3 is 0 Å². The van der Waals surface area contributed by atoms with Gasteiger partial charge in [0.25, 0.3) is 5.91 Å². The average molecular weight is 459 g/mol. The topological polar surface area (TPSA) is 49.4 Å². The van der Waals surface area contributed by atoms with E-state index in [4.69, 9.17) is 0 Å². The van der Waals surface area contributed by atoms with Crippen molar-refractivity contribution in [1.29, 1.82) is 0 Å². The molecule has 4 aliphatic rings. The number of rotatable bonds is 7. The highest BCUT2D eigenvalue weighted by atomic mass is 16.2. The molecule has 1 atom stereocenters. The van der Waals surface area contributed by atoms with Crippen LogP contribution in [0.2, 0.25) is 0 Å². The first-order valence-electron chi connectivity index (χ1n) is 13.0. The van der Waals surface area contributed by atoms with Crippen LogP contribution in [-0.2, 0) is 16.8 Å². The maximum Gasteiger partial charge on any atom is 0.251 e. The number of carbonyl (C=O) groups is 2. The van der Waals surface area contributed by atoms with Crippen molar-refractivity contribution in [2.45, 2.75) is 70.4 Å². The van der Waals surface area contributed by atoms with E-state index in [0.717, 1.165) is 23.3 Å². The van der Waals surface area contributed by atoms with Gasteiger partial charge in [-0.2, -0.15) is 0 Å². The summed E-state index contributed by atoms with van der Waals surface area (Å²) in [6.45, 7) is 4.49. The molecule has 0 aromatic heterocycles. The molecule has 0 heterocycles. The molecule has 4 saturated carbocycles. The van der Waals surface area contributed by atoms with Gasteiger partial charge in [-0.05, 0) is 90.9 Å². The Balaban J connectivity index is 1.26. The molecular weight excluding hydrogens is 420 g/mol. The van der Waals surface area contributed by atoms with Crippen LogP contribution in [0.3, 0.4) is 0 Å². The number of carbonyl (C=O) groups excluding carboxylic acids is 2. The van der Waals surface area contributed by atoms with Crippen LogP contribution in [0.5, 0.6) is 0 Å². The van der Waals surface area contributed by atoms with Crippen molar-refractivity contribution in [3.8, 4) is 0 Å². The van der Waals surface area contributed by atoms with E-state index < -0.39 is 6.04 Å². The van der Waals surface area contributed by atoms with E-state index in [1.54, 1.807) is 11.9 Å². The molecule has 0 unspecified atom stereocenters. The molecule has 4 fully saturated rings. The van der Waals surface area contributed by atoms with Gasteiger partial charge in [0.05, 0.1) is 0 Å². The molecule has 4 aliphatic carbocycles. The predicted molar refractivity (Wildman–Crippen MR) is 135 cm³/mol. The number of amides is 2. The SMILES string of the molecule is CC(C)[C@@H](NC(=O)c1ccc(C23CC4CC(CC(C4)C2)C3)cc1)C(=O)N(C)Cc1ccccc1. The molecule has 4 bridgehead atoms. The fourth-order valence-corrected chi connectivity index (χ4v) is 7.35. The van der Waals surface area contributed by atoms with Crippen molar-refractivity contribution in [2.24, 2.45) is 23.7 Å². The highest BCUT2D eigenvalue weighted by molar-refractivity contribution is 5.97. The smallest absolute Gasteiger partial charge is 0.251 e. The lowest BCUT2D eigenvalue weighted by atomic mass is 9.48. The highest BCUT2D eigenvalue weighted by Gasteiger charge is 2.51. The Bertz CT molecular complexity index is 992. The van der Waals surface area contributed by atoms with Gasteiger partial charge in [-0.25, -0.2) is 0 Å². The Kier molecular flexibility index (Phi) is 6.26. The summed E-state index contributed by atoms with van der Waals surface area (Å²) in [4.78, 5) is 28.0. The van der Waals surface area contributed by atoms with E-state index in [1.165, 1.54) is 44.1 Å². The molecule has 2 aromatic rings. The molecule has 4 heteroatoms. The molecule has 180 valence electrons. The maximum absolute atomic E-state index is 13.2. The minimum absolute atomic E-state index is 0.000900. The lowest BCUT2D eigenvalue weighted by Crippen LogP contribution is -2.50. The second-order valence-electron chi connectivity index (χ2n) is 11.7. The summed E-state index contributed by atoms with van der Waals surface area (Å²) < 4.78 is 0. The van der Waals surface area contributed by atoms with Crippen LogP contribution >= 0.6 is 0 Å². The second kappa shape index (κ2) is 9.20. The van der Waals surface area contributed by atoms with Crippen LogP contribution < -0.4 is 5.32 Å². The van der Waals surface area contributed by atoms with Crippen LogP contribution in [0.1, 0.15) is 73.9 Å². The first-order valence-corrected chi connectivity index (χ1v) is 13.0. The molecule has 0 aliphatic heterocycles. The van der Waals surface area contributed by atoms with Crippen LogP contribution in [0.4, 0.5) is 0 Å². The van der Waals surface area contributed by atoms with Gasteiger partial charge < -0.3 is 10.2 Å². The largest absolute Gasteiger partial charge is 0.340 e. The Morgan fingerprint density at radius 1 is 0.912 bits per heavy atom. The van der Waals surface area contributed by atoms with E-state index in [0.29, 0.717) is 17.5 Å². The summed E-state index contributed by atoms with van der Waals surface area (Å²) in [5.74, 6) is 2.48. The molecule has 2 amide bonds. The van der Waals surface area contributed by atoms with Crippen LogP contribution in [0.15, 0.2) is 54.6 Å². The third-order valence-electron chi connectivity index (χ3n) is 8.66. The lowest BCUT2D eigenvalue weighted by molar-refractivity contribution is -0.133. The van der Waals surface area contributed by atoms with Gasteiger partial charge in [-0.15, -0.1) is 0 Å². The molecule has 34 heavy (non-hydrogen) atoms. The fraction of sp³-hybridized carbons (Fsp3) is 0.533. The summed E-state index contributed by atoms with van der Waals surface area (Å²) >= 11 is 0. The quantitative estimate of drug-likeness (QED) is 0.590. The maximum atomic E-state index is 13.2. The van der Waals surface area contributed by atoms with Crippen molar-refractivity contribution in [3.63, 3.8) is 0 Å². The highest BCUT2D eigenvalue weighted by Crippen LogP contribution is 2.60. The Morgan fingerprint density at radius 2 is 1.47 bits per heavy atom. The summed E-state index contributed by atoms with van der Waals surface area (Å²) in [5.41, 5.74) is 3.47. The molecule has 6 rings (SSSR count). The van der Waals surface area contributed by atoms with Gasteiger partial charge in [0.1, 0.15) is 6.04 Å². The Morgan fingerprint density at radius 3 is 2.00 bits per heavy atom. The van der Waals surface area contributed by atoms with Crippen molar-refractivity contribution in [2.75, 3.05) is 7.05 Å². The molecule has 4 nitrogen and oxygen atoms in total. The zero-order valence-corrected chi connectivity index (χ0v) is 20.8. The summed E-state index contributed by atoms with van der Waals surface area (Å²) in [5, 5.41) is 3.02. The van der Waals surface area contributed by atoms with Crippen molar-refractivity contribution in [3.05, 3.63) is 71.3 Å². The van der Waals surface area contributed by atoms with E-state index in [2.05, 4.69) is 17.4 Å². The molecule has 0 radical (unpaired) electrons. The minimum Gasteiger partial charge on any atom is -0.340 e. The Hall–Kier alpha value is -2.62. The number of hydrogen-bond donors (Lipinski definition) is 1. The first kappa shape index (κ1) is 23.1. The molecule has 2 aromatic carbocycles. The molecule has 0 saturated heterocycles. The minimum atomic E-state index is -0.552. The van der Waals surface area contributed by atoms with E-state index >= 15 is 0 Å². The molecule has 1 N–H and O–H groups in total. The fourth-order valence-electron chi connectivity index (χ4n) is 7.35. The van der Waals surface area contributed by atoms with E-state index in [9.17, 15) is 9.59 Å². The number of hydrogen-bond acceptors (Lipinski definition) is 2. The van der Waals surface area contributed by atoms with Crippen LogP contribution in [0, 0.1) is 23.7 Å². The normalized spacial score (nSPS) is 28.1. The van der Waals surface area contributed by atoms with E-state index in [1.807, 2.05) is 56.3 Å². The van der Waals surface area contributed by atoms with Crippen molar-refractivity contribution >= 4 is 11.8 Å². The van der Waals surface area contributed by atoms with Gasteiger partial charge in [0.15, 0.2) is 0 Å². The number of likely N-dealkylation sites (N-methyl/N-ethyl adjacent to an activating group) is 1. The van der Waals surface area contributed by atoms with Crippen LogP contribution in [0.25, 0.3) is 0 Å². The van der Waals surface area contributed by atoms with Gasteiger partial charge in [-0.1, -0.05) is 56.3 Å². The predicted octanol–water partition coefficient (Wildman–Crippen LogP) is 5.57. The standard InChI is InChI=1S/C30H38N2O2/c1-20(2)27(29(34)32(3)19-21-7-5-4-6-8-21)31-28(33)25-9-11-26(12-10-25)30-16-22-13-23(17-30)15-24(14-22)18-30/h4-12,20,22-24,27H,13-19H2,1-3H3,(H,31,33)/t22?,23?,24?,27-,30?/m1/s1. The number of nitrogens with zero attached hydrogens (tertiary/aromatic N) is 1. The van der Waals surface area contributed by atoms with E-state index in [-0.39, 0.29) is 17.7 Å². The van der Waals surface area contributed by atoms with Gasteiger partial charge in [0, 0.05) is 19.2 Å². The van der Waals surface area contributed by atoms with Crippen LogP contribution in [-0.4, -0.2) is 29.8 Å². The first-order chi connectivity index (χ1) is 16.3. The third kappa shape index (κ3) is 4.52. The number of benzene rings is 2. The molecule has 0 spiro atoms. The molecular formula is C30H38N2O2. The summed E-state index contributed by atoms with van der Waals surface area (Å²) in [7, 11) is 1.80. The van der Waals surface area contributed by atoms with Crippen molar-refractivity contribution in [1.82, 2.24) is 10.2 Å². The number of nitrogens with one attached hydrogen (secondary N) is 1. The summed E-state index contributed by atoms with van der Waals surface area (Å²) in [6, 6.07) is 17.7. The van der Waals surface area contributed by atoms with Gasteiger partial charge in [-0.3, -0.25) is 9.59 Å².